The molecule has 3 rings (SSSR count). The van der Waals surface area contributed by atoms with Gasteiger partial charge in [0.25, 0.3) is 5.91 Å². The molecule has 4 heteroatoms. The Bertz CT molecular complexity index is 852. The topological polar surface area (TPSA) is 62.5 Å². The third-order valence-corrected chi connectivity index (χ3v) is 4.19. The Balaban J connectivity index is 1.64. The molecule has 24 heavy (non-hydrogen) atoms. The number of rotatable bonds is 5. The molecule has 0 aliphatic carbocycles. The molecule has 3 aromatic rings. The van der Waals surface area contributed by atoms with Gasteiger partial charge >= 0.3 is 0 Å². The van der Waals surface area contributed by atoms with E-state index in [0.717, 1.165) is 22.1 Å². The summed E-state index contributed by atoms with van der Waals surface area (Å²) in [5.74, 6) is 0.0893. The van der Waals surface area contributed by atoms with Crippen LogP contribution in [-0.2, 0) is 0 Å². The lowest BCUT2D eigenvalue weighted by Crippen LogP contribution is -2.25. The molecule has 124 valence electrons. The summed E-state index contributed by atoms with van der Waals surface area (Å²) in [6.07, 6.45) is -0.139. The molecule has 1 aromatic heterocycles. The van der Waals surface area contributed by atoms with E-state index in [4.69, 9.17) is 4.42 Å². The van der Waals surface area contributed by atoms with Crippen LogP contribution >= 0.6 is 0 Å². The van der Waals surface area contributed by atoms with Gasteiger partial charge in [0.1, 0.15) is 5.58 Å². The van der Waals surface area contributed by atoms with Gasteiger partial charge in [-0.3, -0.25) is 4.79 Å². The first-order valence-corrected chi connectivity index (χ1v) is 8.07. The molecule has 1 amide bonds. The van der Waals surface area contributed by atoms with Crippen LogP contribution < -0.4 is 5.32 Å². The third-order valence-electron chi connectivity index (χ3n) is 4.19. The van der Waals surface area contributed by atoms with Gasteiger partial charge < -0.3 is 14.8 Å². The first-order chi connectivity index (χ1) is 11.6. The Hall–Kier alpha value is -2.59. The van der Waals surface area contributed by atoms with Gasteiger partial charge in [-0.2, -0.15) is 0 Å². The number of aryl methyl sites for hydroxylation is 2. The summed E-state index contributed by atoms with van der Waals surface area (Å²) in [5.41, 5.74) is 3.54. The molecule has 2 N–H and O–H groups in total. The van der Waals surface area contributed by atoms with Crippen LogP contribution in [0.25, 0.3) is 11.0 Å². The molecule has 0 bridgehead atoms. The third kappa shape index (κ3) is 3.34. The van der Waals surface area contributed by atoms with Crippen LogP contribution in [0.1, 0.15) is 39.8 Å². The smallest absolute Gasteiger partial charge is 0.287 e. The molecule has 0 radical (unpaired) electrons. The highest BCUT2D eigenvalue weighted by Gasteiger charge is 2.17. The molecule has 1 atom stereocenters. The van der Waals surface area contributed by atoms with Crippen molar-refractivity contribution in [2.75, 3.05) is 6.54 Å². The van der Waals surface area contributed by atoms with Crippen molar-refractivity contribution in [3.63, 3.8) is 0 Å². The number of fused-ring (bicyclic) bond motifs is 1. The minimum absolute atomic E-state index is 0.249. The summed E-state index contributed by atoms with van der Waals surface area (Å²) in [6.45, 7) is 4.28. The SMILES string of the molecule is Cc1ccc2oc(C(=O)NCCC(O)c3ccccc3)c(C)c2c1. The normalized spacial score (nSPS) is 12.3. The lowest BCUT2D eigenvalue weighted by molar-refractivity contribution is 0.0916. The fourth-order valence-electron chi connectivity index (χ4n) is 2.80. The number of aliphatic hydroxyl groups excluding tert-OH is 1. The van der Waals surface area contributed by atoms with E-state index in [1.807, 2.05) is 62.4 Å². The summed E-state index contributed by atoms with van der Waals surface area (Å²) in [5, 5.41) is 13.9. The van der Waals surface area contributed by atoms with Gasteiger partial charge in [-0.25, -0.2) is 0 Å². The molecular formula is C20H21NO3. The Morgan fingerprint density at radius 3 is 2.67 bits per heavy atom. The number of nitrogens with one attached hydrogen (secondary N) is 1. The van der Waals surface area contributed by atoms with Crippen molar-refractivity contribution >= 4 is 16.9 Å². The number of hydrogen-bond acceptors (Lipinski definition) is 3. The quantitative estimate of drug-likeness (QED) is 0.748. The van der Waals surface area contributed by atoms with Crippen LogP contribution in [0.5, 0.6) is 0 Å². The minimum Gasteiger partial charge on any atom is -0.451 e. The van der Waals surface area contributed by atoms with E-state index < -0.39 is 6.10 Å². The van der Waals surface area contributed by atoms with Gasteiger partial charge in [0, 0.05) is 17.5 Å². The number of benzene rings is 2. The van der Waals surface area contributed by atoms with Crippen LogP contribution in [0.15, 0.2) is 52.9 Å². The van der Waals surface area contributed by atoms with E-state index in [0.29, 0.717) is 24.3 Å². The monoisotopic (exact) mass is 323 g/mol. The Labute approximate surface area is 141 Å². The fourth-order valence-corrected chi connectivity index (χ4v) is 2.80. The zero-order chi connectivity index (χ0) is 17.1. The molecule has 0 spiro atoms. The van der Waals surface area contributed by atoms with Crippen LogP contribution in [-0.4, -0.2) is 17.6 Å². The molecule has 4 nitrogen and oxygen atoms in total. The molecule has 0 aliphatic heterocycles. The van der Waals surface area contributed by atoms with E-state index in [2.05, 4.69) is 5.32 Å². The maximum atomic E-state index is 12.4. The molecule has 1 heterocycles. The van der Waals surface area contributed by atoms with E-state index in [9.17, 15) is 9.90 Å². The van der Waals surface area contributed by atoms with Gasteiger partial charge in [0.15, 0.2) is 5.76 Å². The van der Waals surface area contributed by atoms with Gasteiger partial charge in [-0.1, -0.05) is 42.0 Å². The van der Waals surface area contributed by atoms with Gasteiger partial charge in [0.2, 0.25) is 0 Å². The maximum Gasteiger partial charge on any atom is 0.287 e. The van der Waals surface area contributed by atoms with Crippen LogP contribution in [0, 0.1) is 13.8 Å². The molecule has 0 fully saturated rings. The zero-order valence-electron chi connectivity index (χ0n) is 13.9. The first-order valence-electron chi connectivity index (χ1n) is 8.07. The molecule has 0 saturated heterocycles. The highest BCUT2D eigenvalue weighted by Crippen LogP contribution is 2.26. The second-order valence-electron chi connectivity index (χ2n) is 6.03. The maximum absolute atomic E-state index is 12.4. The number of carbonyl (C=O) groups is 1. The number of carbonyl (C=O) groups excluding carboxylic acids is 1. The zero-order valence-corrected chi connectivity index (χ0v) is 13.9. The molecule has 0 saturated carbocycles. The largest absolute Gasteiger partial charge is 0.451 e. The van der Waals surface area contributed by atoms with Gasteiger partial charge in [0.05, 0.1) is 6.10 Å². The number of hydrogen-bond donors (Lipinski definition) is 2. The number of amides is 1. The Morgan fingerprint density at radius 2 is 1.92 bits per heavy atom. The molecular weight excluding hydrogens is 302 g/mol. The summed E-state index contributed by atoms with van der Waals surface area (Å²) >= 11 is 0. The van der Waals surface area contributed by atoms with Crippen molar-refractivity contribution in [1.82, 2.24) is 5.32 Å². The predicted octanol–water partition coefficient (Wildman–Crippen LogP) is 3.90. The van der Waals surface area contributed by atoms with Crippen molar-refractivity contribution < 1.29 is 14.3 Å². The average molecular weight is 323 g/mol. The van der Waals surface area contributed by atoms with Crippen molar-refractivity contribution in [2.45, 2.75) is 26.4 Å². The van der Waals surface area contributed by atoms with E-state index in [-0.39, 0.29) is 5.91 Å². The van der Waals surface area contributed by atoms with Crippen molar-refractivity contribution in [3.05, 3.63) is 71.0 Å². The van der Waals surface area contributed by atoms with E-state index >= 15 is 0 Å². The summed E-state index contributed by atoms with van der Waals surface area (Å²) in [7, 11) is 0. The van der Waals surface area contributed by atoms with E-state index in [1.165, 1.54) is 0 Å². The lowest BCUT2D eigenvalue weighted by atomic mass is 10.1. The number of furan rings is 1. The van der Waals surface area contributed by atoms with Crippen LogP contribution in [0.3, 0.4) is 0 Å². The highest BCUT2D eigenvalue weighted by atomic mass is 16.3. The number of aliphatic hydroxyl groups is 1. The van der Waals surface area contributed by atoms with Crippen molar-refractivity contribution in [3.8, 4) is 0 Å². The summed E-state index contributed by atoms with van der Waals surface area (Å²) in [4.78, 5) is 12.4. The molecule has 1 unspecified atom stereocenters. The second-order valence-corrected chi connectivity index (χ2v) is 6.03. The molecule has 0 aliphatic rings. The van der Waals surface area contributed by atoms with Crippen molar-refractivity contribution in [2.24, 2.45) is 0 Å². The Kier molecular flexibility index (Phi) is 4.67. The van der Waals surface area contributed by atoms with Gasteiger partial charge in [-0.05, 0) is 38.0 Å². The lowest BCUT2D eigenvalue weighted by Gasteiger charge is -2.11. The van der Waals surface area contributed by atoms with Crippen LogP contribution in [0.4, 0.5) is 0 Å². The predicted molar refractivity (Wildman–Crippen MR) is 94.0 cm³/mol. The minimum atomic E-state index is -0.592. The highest BCUT2D eigenvalue weighted by molar-refractivity contribution is 5.99. The summed E-state index contributed by atoms with van der Waals surface area (Å²) < 4.78 is 5.68. The summed E-state index contributed by atoms with van der Waals surface area (Å²) in [6, 6.07) is 15.3. The van der Waals surface area contributed by atoms with Crippen molar-refractivity contribution in [1.29, 1.82) is 0 Å². The van der Waals surface area contributed by atoms with Gasteiger partial charge in [-0.15, -0.1) is 0 Å². The Morgan fingerprint density at radius 1 is 1.17 bits per heavy atom. The average Bonchev–Trinajstić information content (AvgIpc) is 2.92. The first kappa shape index (κ1) is 16.3. The second kappa shape index (κ2) is 6.89. The molecule has 2 aromatic carbocycles. The van der Waals surface area contributed by atoms with E-state index in [1.54, 1.807) is 0 Å². The van der Waals surface area contributed by atoms with Crippen LogP contribution in [0.2, 0.25) is 0 Å². The fraction of sp³-hybridized carbons (Fsp3) is 0.250. The standard InChI is InChI=1S/C20H21NO3/c1-13-8-9-18-16(12-13)14(2)19(24-18)20(23)21-11-10-17(22)15-6-4-3-5-7-15/h3-9,12,17,22H,10-11H2,1-2H3,(H,21,23).